The Morgan fingerprint density at radius 3 is 2.44 bits per heavy atom. The SMILES string of the molecule is Cc1ncc(-c2ccc([C@H](C)N3CCC(CC(C)(C)O)(c4ccccc4)OC3=O)cc2)s1. The molecule has 0 saturated carbocycles. The third-order valence-corrected chi connectivity index (χ3v) is 7.02. The van der Waals surface area contributed by atoms with Crippen molar-refractivity contribution in [1.29, 1.82) is 0 Å². The summed E-state index contributed by atoms with van der Waals surface area (Å²) >= 11 is 1.67. The second-order valence-corrected chi connectivity index (χ2v) is 10.4. The standard InChI is InChI=1S/C26H30N2O3S/c1-18(20-10-12-21(13-11-20)23-16-27-19(2)32-23)28-15-14-26(31-24(28)29,17-25(3,4)30)22-8-6-5-7-9-22/h5-13,16,18,30H,14-15,17H2,1-4H3/t18-,26?/m0/s1. The minimum atomic E-state index is -0.964. The Kier molecular flexibility index (Phi) is 6.10. The first-order chi connectivity index (χ1) is 15.2. The van der Waals surface area contributed by atoms with E-state index in [1.165, 1.54) is 0 Å². The van der Waals surface area contributed by atoms with Gasteiger partial charge in [0, 0.05) is 25.6 Å². The Balaban J connectivity index is 1.53. The van der Waals surface area contributed by atoms with Gasteiger partial charge >= 0.3 is 6.09 Å². The highest BCUT2D eigenvalue weighted by Crippen LogP contribution is 2.42. The molecule has 0 radical (unpaired) electrons. The van der Waals surface area contributed by atoms with Gasteiger partial charge in [0.25, 0.3) is 0 Å². The lowest BCUT2D eigenvalue weighted by Crippen LogP contribution is -2.51. The first kappa shape index (κ1) is 22.5. The molecule has 1 amide bonds. The van der Waals surface area contributed by atoms with Crippen LogP contribution in [-0.2, 0) is 10.3 Å². The maximum atomic E-state index is 13.2. The van der Waals surface area contributed by atoms with Crippen LogP contribution in [0.2, 0.25) is 0 Å². The molecule has 168 valence electrons. The van der Waals surface area contributed by atoms with Crippen molar-refractivity contribution >= 4 is 17.4 Å². The van der Waals surface area contributed by atoms with Crippen LogP contribution < -0.4 is 0 Å². The van der Waals surface area contributed by atoms with Gasteiger partial charge in [-0.3, -0.25) is 0 Å². The van der Waals surface area contributed by atoms with E-state index < -0.39 is 11.2 Å². The van der Waals surface area contributed by atoms with Gasteiger partial charge in [-0.15, -0.1) is 11.3 Å². The fourth-order valence-corrected chi connectivity index (χ4v) is 5.28. The highest BCUT2D eigenvalue weighted by molar-refractivity contribution is 7.15. The number of aromatic nitrogens is 1. The van der Waals surface area contributed by atoms with E-state index in [1.807, 2.05) is 50.4 Å². The zero-order valence-corrected chi connectivity index (χ0v) is 19.9. The monoisotopic (exact) mass is 450 g/mol. The van der Waals surface area contributed by atoms with Crippen LogP contribution >= 0.6 is 11.3 Å². The van der Waals surface area contributed by atoms with Crippen molar-refractivity contribution in [3.8, 4) is 10.4 Å². The number of thiazole rings is 1. The Hall–Kier alpha value is -2.70. The molecule has 1 N–H and O–H groups in total. The molecular weight excluding hydrogens is 420 g/mol. The minimum absolute atomic E-state index is 0.115. The number of ether oxygens (including phenoxy) is 1. The summed E-state index contributed by atoms with van der Waals surface area (Å²) in [4.78, 5) is 20.4. The zero-order chi connectivity index (χ0) is 22.9. The van der Waals surface area contributed by atoms with Crippen molar-refractivity contribution in [3.63, 3.8) is 0 Å². The van der Waals surface area contributed by atoms with Gasteiger partial charge < -0.3 is 14.7 Å². The van der Waals surface area contributed by atoms with Crippen molar-refractivity contribution in [3.05, 3.63) is 76.9 Å². The van der Waals surface area contributed by atoms with Crippen LogP contribution in [0.15, 0.2) is 60.8 Å². The van der Waals surface area contributed by atoms with Crippen molar-refractivity contribution < 1.29 is 14.6 Å². The Labute approximate surface area is 193 Å². The summed E-state index contributed by atoms with van der Waals surface area (Å²) in [6.07, 6.45) is 2.52. The van der Waals surface area contributed by atoms with E-state index >= 15 is 0 Å². The lowest BCUT2D eigenvalue weighted by molar-refractivity contribution is -0.101. The van der Waals surface area contributed by atoms with E-state index in [9.17, 15) is 9.90 Å². The van der Waals surface area contributed by atoms with Gasteiger partial charge in [-0.25, -0.2) is 9.78 Å². The number of carbonyl (C=O) groups excluding carboxylic acids is 1. The molecule has 1 saturated heterocycles. The summed E-state index contributed by atoms with van der Waals surface area (Å²) in [6, 6.07) is 17.9. The number of cyclic esters (lactones) is 1. The smallest absolute Gasteiger partial charge is 0.411 e. The summed E-state index contributed by atoms with van der Waals surface area (Å²) in [7, 11) is 0. The normalized spacial score (nSPS) is 20.2. The molecule has 5 nitrogen and oxygen atoms in total. The van der Waals surface area contributed by atoms with Gasteiger partial charge in [-0.1, -0.05) is 54.6 Å². The third kappa shape index (κ3) is 4.71. The molecule has 3 aromatic rings. The van der Waals surface area contributed by atoms with Crippen LogP contribution in [0.25, 0.3) is 10.4 Å². The quantitative estimate of drug-likeness (QED) is 0.494. The maximum absolute atomic E-state index is 13.2. The van der Waals surface area contributed by atoms with Crippen LogP contribution in [0.4, 0.5) is 4.79 Å². The lowest BCUT2D eigenvalue weighted by atomic mass is 9.80. The highest BCUT2D eigenvalue weighted by atomic mass is 32.1. The van der Waals surface area contributed by atoms with E-state index in [0.717, 1.165) is 26.6 Å². The summed E-state index contributed by atoms with van der Waals surface area (Å²) in [5.41, 5.74) is 1.31. The van der Waals surface area contributed by atoms with Crippen LogP contribution in [0.1, 0.15) is 55.8 Å². The molecule has 4 rings (SSSR count). The van der Waals surface area contributed by atoms with E-state index in [4.69, 9.17) is 4.74 Å². The van der Waals surface area contributed by atoms with E-state index in [-0.39, 0.29) is 12.1 Å². The van der Waals surface area contributed by atoms with Crippen molar-refractivity contribution in [2.45, 2.75) is 57.8 Å². The van der Waals surface area contributed by atoms with Crippen LogP contribution in [-0.4, -0.2) is 33.2 Å². The second-order valence-electron chi connectivity index (χ2n) is 9.20. The average molecular weight is 451 g/mol. The van der Waals surface area contributed by atoms with Crippen molar-refractivity contribution in [2.75, 3.05) is 6.54 Å². The predicted molar refractivity (Wildman–Crippen MR) is 128 cm³/mol. The molecule has 0 spiro atoms. The zero-order valence-electron chi connectivity index (χ0n) is 19.0. The Morgan fingerprint density at radius 2 is 1.88 bits per heavy atom. The molecule has 0 bridgehead atoms. The van der Waals surface area contributed by atoms with Crippen LogP contribution in [0, 0.1) is 6.92 Å². The summed E-state index contributed by atoms with van der Waals surface area (Å²) < 4.78 is 6.11. The molecule has 32 heavy (non-hydrogen) atoms. The molecule has 1 aliphatic heterocycles. The van der Waals surface area contributed by atoms with E-state index in [1.54, 1.807) is 30.1 Å². The van der Waals surface area contributed by atoms with Crippen molar-refractivity contribution in [2.24, 2.45) is 0 Å². The number of carbonyl (C=O) groups is 1. The Bertz CT molecular complexity index is 1070. The number of hydrogen-bond acceptors (Lipinski definition) is 5. The number of hydrogen-bond donors (Lipinski definition) is 1. The summed E-state index contributed by atoms with van der Waals surface area (Å²) in [5, 5.41) is 11.6. The molecule has 2 aromatic carbocycles. The van der Waals surface area contributed by atoms with Gasteiger partial charge in [0.05, 0.1) is 21.5 Å². The van der Waals surface area contributed by atoms with Gasteiger partial charge in [-0.2, -0.15) is 0 Å². The van der Waals surface area contributed by atoms with Crippen LogP contribution in [0.3, 0.4) is 0 Å². The van der Waals surface area contributed by atoms with Gasteiger partial charge in [0.1, 0.15) is 5.60 Å². The number of benzene rings is 2. The van der Waals surface area contributed by atoms with E-state index in [2.05, 4.69) is 29.2 Å². The minimum Gasteiger partial charge on any atom is -0.438 e. The predicted octanol–water partition coefficient (Wildman–Crippen LogP) is 6.08. The van der Waals surface area contributed by atoms with Gasteiger partial charge in [-0.05, 0) is 44.4 Å². The number of aryl methyl sites for hydroxylation is 1. The molecule has 1 aromatic heterocycles. The molecule has 0 aliphatic carbocycles. The summed E-state index contributed by atoms with van der Waals surface area (Å²) in [5.74, 6) is 0. The number of nitrogens with zero attached hydrogens (tertiary/aromatic N) is 2. The fraction of sp³-hybridized carbons (Fsp3) is 0.385. The lowest BCUT2D eigenvalue weighted by Gasteiger charge is -2.45. The topological polar surface area (TPSA) is 62.7 Å². The first-order valence-electron chi connectivity index (χ1n) is 11.0. The first-order valence-corrected chi connectivity index (χ1v) is 11.8. The molecule has 6 heteroatoms. The second kappa shape index (κ2) is 8.68. The molecule has 1 aliphatic rings. The maximum Gasteiger partial charge on any atom is 0.411 e. The van der Waals surface area contributed by atoms with Crippen molar-refractivity contribution in [1.82, 2.24) is 9.88 Å². The third-order valence-electron chi connectivity index (χ3n) is 6.06. The Morgan fingerprint density at radius 1 is 1.19 bits per heavy atom. The molecular formula is C26H30N2O3S. The molecule has 1 fully saturated rings. The molecule has 2 heterocycles. The summed E-state index contributed by atoms with van der Waals surface area (Å²) in [6.45, 7) is 8.10. The van der Waals surface area contributed by atoms with E-state index in [0.29, 0.717) is 19.4 Å². The number of aliphatic hydroxyl groups is 1. The largest absolute Gasteiger partial charge is 0.438 e. The average Bonchev–Trinajstić information content (AvgIpc) is 3.19. The fourth-order valence-electron chi connectivity index (χ4n) is 4.49. The van der Waals surface area contributed by atoms with Crippen LogP contribution in [0.5, 0.6) is 0 Å². The molecule has 1 unspecified atom stereocenters. The van der Waals surface area contributed by atoms with Gasteiger partial charge in [0.15, 0.2) is 0 Å². The van der Waals surface area contributed by atoms with Gasteiger partial charge in [0.2, 0.25) is 0 Å². The number of rotatable bonds is 6. The number of amides is 1. The molecule has 2 atom stereocenters. The highest BCUT2D eigenvalue weighted by Gasteiger charge is 2.46.